The van der Waals surface area contributed by atoms with Crippen LogP contribution in [-0.2, 0) is 26.4 Å². The summed E-state index contributed by atoms with van der Waals surface area (Å²) in [7, 11) is 1.78. The van der Waals surface area contributed by atoms with E-state index < -0.39 is 0 Å². The van der Waals surface area contributed by atoms with Crippen LogP contribution in [0, 0.1) is 0 Å². The number of nitrogens with one attached hydrogen (secondary N) is 1. The average Bonchev–Trinajstić information content (AvgIpc) is 3.04. The summed E-state index contributed by atoms with van der Waals surface area (Å²) in [5.74, 6) is 0.516. The van der Waals surface area contributed by atoms with Crippen molar-refractivity contribution in [2.24, 2.45) is 7.05 Å². The van der Waals surface area contributed by atoms with Crippen LogP contribution in [0.4, 0.5) is 5.82 Å². The Morgan fingerprint density at radius 1 is 1.40 bits per heavy atom. The molecule has 5 heteroatoms. The van der Waals surface area contributed by atoms with Gasteiger partial charge in [-0.3, -0.25) is 9.48 Å². The maximum absolute atomic E-state index is 12.2. The third-order valence-electron chi connectivity index (χ3n) is 3.86. The van der Waals surface area contributed by atoms with E-state index in [4.69, 9.17) is 5.73 Å². The zero-order chi connectivity index (χ0) is 14.1. The highest BCUT2D eigenvalue weighted by Gasteiger charge is 2.14. The van der Waals surface area contributed by atoms with Crippen LogP contribution < -0.4 is 11.1 Å². The van der Waals surface area contributed by atoms with Gasteiger partial charge >= 0.3 is 0 Å². The third kappa shape index (κ3) is 2.27. The maximum Gasteiger partial charge on any atom is 0.251 e. The molecule has 20 heavy (non-hydrogen) atoms. The van der Waals surface area contributed by atoms with Crippen LogP contribution in [0.15, 0.2) is 24.4 Å². The first kappa shape index (κ1) is 12.7. The number of fused-ring (bicyclic) bond motifs is 1. The highest BCUT2D eigenvalue weighted by atomic mass is 16.1. The highest BCUT2D eigenvalue weighted by molar-refractivity contribution is 5.94. The average molecular weight is 270 g/mol. The maximum atomic E-state index is 12.2. The summed E-state index contributed by atoms with van der Waals surface area (Å²) in [6.07, 6.45) is 5.07. The zero-order valence-electron chi connectivity index (χ0n) is 11.5. The van der Waals surface area contributed by atoms with Crippen molar-refractivity contribution in [3.05, 3.63) is 46.6 Å². The van der Waals surface area contributed by atoms with Crippen molar-refractivity contribution in [1.82, 2.24) is 15.1 Å². The fourth-order valence-corrected chi connectivity index (χ4v) is 2.62. The van der Waals surface area contributed by atoms with Crippen molar-refractivity contribution in [3.63, 3.8) is 0 Å². The van der Waals surface area contributed by atoms with Gasteiger partial charge in [0.15, 0.2) is 0 Å². The molecular formula is C15H18N4O. The van der Waals surface area contributed by atoms with Crippen LogP contribution in [0.3, 0.4) is 0 Å². The molecule has 1 aliphatic rings. The SMILES string of the molecule is Cn1ncc(CNC(=O)c2ccc3c(c2)CCC3)c1N. The topological polar surface area (TPSA) is 72.9 Å². The molecular weight excluding hydrogens is 252 g/mol. The molecule has 1 heterocycles. The van der Waals surface area contributed by atoms with Gasteiger partial charge in [0.1, 0.15) is 5.82 Å². The van der Waals surface area contributed by atoms with Gasteiger partial charge in [0.05, 0.1) is 6.20 Å². The van der Waals surface area contributed by atoms with Gasteiger partial charge in [0.25, 0.3) is 5.91 Å². The van der Waals surface area contributed by atoms with Crippen molar-refractivity contribution in [1.29, 1.82) is 0 Å². The summed E-state index contributed by atoms with van der Waals surface area (Å²) >= 11 is 0. The van der Waals surface area contributed by atoms with E-state index in [2.05, 4.69) is 16.5 Å². The van der Waals surface area contributed by atoms with Gasteiger partial charge in [-0.1, -0.05) is 6.07 Å². The van der Waals surface area contributed by atoms with Gasteiger partial charge in [-0.05, 0) is 42.5 Å². The second-order valence-electron chi connectivity index (χ2n) is 5.20. The van der Waals surface area contributed by atoms with Crippen molar-refractivity contribution < 1.29 is 4.79 Å². The van der Waals surface area contributed by atoms with Gasteiger partial charge < -0.3 is 11.1 Å². The molecule has 3 rings (SSSR count). The number of carbonyl (C=O) groups excluding carboxylic acids is 1. The molecule has 3 N–H and O–H groups in total. The normalized spacial score (nSPS) is 13.2. The summed E-state index contributed by atoms with van der Waals surface area (Å²) in [5.41, 5.74) is 10.1. The number of hydrogen-bond donors (Lipinski definition) is 2. The van der Waals surface area contributed by atoms with Crippen molar-refractivity contribution in [2.45, 2.75) is 25.8 Å². The molecule has 0 spiro atoms. The minimum atomic E-state index is -0.0667. The first-order chi connectivity index (χ1) is 9.65. The molecule has 0 bridgehead atoms. The van der Waals surface area contributed by atoms with E-state index in [-0.39, 0.29) is 5.91 Å². The lowest BCUT2D eigenvalue weighted by Gasteiger charge is -2.07. The molecule has 1 aliphatic carbocycles. The lowest BCUT2D eigenvalue weighted by molar-refractivity contribution is 0.0951. The van der Waals surface area contributed by atoms with E-state index in [9.17, 15) is 4.79 Å². The van der Waals surface area contributed by atoms with Gasteiger partial charge in [-0.15, -0.1) is 0 Å². The Labute approximate surface area is 117 Å². The number of rotatable bonds is 3. The Morgan fingerprint density at radius 2 is 2.20 bits per heavy atom. The summed E-state index contributed by atoms with van der Waals surface area (Å²) in [4.78, 5) is 12.2. The van der Waals surface area contributed by atoms with E-state index in [1.54, 1.807) is 17.9 Å². The lowest BCUT2D eigenvalue weighted by atomic mass is 10.1. The molecule has 5 nitrogen and oxygen atoms in total. The molecule has 0 saturated heterocycles. The number of aromatic nitrogens is 2. The fourth-order valence-electron chi connectivity index (χ4n) is 2.62. The Balaban J connectivity index is 1.69. The Bertz CT molecular complexity index is 660. The van der Waals surface area contributed by atoms with Crippen molar-refractivity contribution in [3.8, 4) is 0 Å². The number of nitrogen functional groups attached to an aromatic ring is 1. The largest absolute Gasteiger partial charge is 0.384 e. The number of nitrogens with two attached hydrogens (primary N) is 1. The van der Waals surface area contributed by atoms with Crippen LogP contribution in [0.25, 0.3) is 0 Å². The predicted octanol–water partition coefficient (Wildman–Crippen LogP) is 1.42. The van der Waals surface area contributed by atoms with E-state index in [1.807, 2.05) is 12.1 Å². The molecule has 0 unspecified atom stereocenters. The molecule has 1 amide bonds. The van der Waals surface area contributed by atoms with E-state index in [0.29, 0.717) is 17.9 Å². The van der Waals surface area contributed by atoms with Gasteiger partial charge in [-0.25, -0.2) is 0 Å². The minimum Gasteiger partial charge on any atom is -0.384 e. The molecule has 2 aromatic rings. The fraction of sp³-hybridized carbons (Fsp3) is 0.333. The molecule has 0 saturated carbocycles. The Morgan fingerprint density at radius 3 is 2.95 bits per heavy atom. The third-order valence-corrected chi connectivity index (χ3v) is 3.86. The second kappa shape index (κ2) is 5.00. The zero-order valence-corrected chi connectivity index (χ0v) is 11.5. The quantitative estimate of drug-likeness (QED) is 0.886. The minimum absolute atomic E-state index is 0.0667. The van der Waals surface area contributed by atoms with E-state index >= 15 is 0 Å². The molecule has 0 radical (unpaired) electrons. The number of carbonyl (C=O) groups is 1. The number of hydrogen-bond acceptors (Lipinski definition) is 3. The molecule has 0 atom stereocenters. The monoisotopic (exact) mass is 270 g/mol. The number of anilines is 1. The number of aryl methyl sites for hydroxylation is 3. The second-order valence-corrected chi connectivity index (χ2v) is 5.20. The molecule has 104 valence electrons. The van der Waals surface area contributed by atoms with Crippen LogP contribution in [0.5, 0.6) is 0 Å². The summed E-state index contributed by atoms with van der Waals surface area (Å²) in [6, 6.07) is 5.96. The molecule has 0 fully saturated rings. The number of benzene rings is 1. The van der Waals surface area contributed by atoms with Crippen LogP contribution in [-0.4, -0.2) is 15.7 Å². The van der Waals surface area contributed by atoms with Crippen molar-refractivity contribution in [2.75, 3.05) is 5.73 Å². The van der Waals surface area contributed by atoms with Gasteiger partial charge in [0.2, 0.25) is 0 Å². The van der Waals surface area contributed by atoms with E-state index in [1.165, 1.54) is 17.5 Å². The summed E-state index contributed by atoms with van der Waals surface area (Å²) in [6.45, 7) is 0.398. The van der Waals surface area contributed by atoms with Crippen LogP contribution >= 0.6 is 0 Å². The van der Waals surface area contributed by atoms with Crippen LogP contribution in [0.1, 0.15) is 33.5 Å². The smallest absolute Gasteiger partial charge is 0.251 e. The molecule has 1 aromatic carbocycles. The lowest BCUT2D eigenvalue weighted by Crippen LogP contribution is -2.23. The Hall–Kier alpha value is -2.30. The van der Waals surface area contributed by atoms with E-state index in [0.717, 1.165) is 18.4 Å². The standard InChI is InChI=1S/C15H18N4O/c1-19-14(16)13(9-18-19)8-17-15(20)12-6-5-10-3-2-4-11(10)7-12/h5-7,9H,2-4,8,16H2,1H3,(H,17,20). The highest BCUT2D eigenvalue weighted by Crippen LogP contribution is 2.22. The molecule has 1 aromatic heterocycles. The molecule has 0 aliphatic heterocycles. The van der Waals surface area contributed by atoms with Gasteiger partial charge in [0, 0.05) is 24.7 Å². The first-order valence-electron chi connectivity index (χ1n) is 6.81. The summed E-state index contributed by atoms with van der Waals surface area (Å²) in [5, 5.41) is 6.94. The Kier molecular flexibility index (Phi) is 3.18. The summed E-state index contributed by atoms with van der Waals surface area (Å²) < 4.78 is 1.59. The van der Waals surface area contributed by atoms with Gasteiger partial charge in [-0.2, -0.15) is 5.10 Å². The number of nitrogens with zero attached hydrogens (tertiary/aromatic N) is 2. The first-order valence-corrected chi connectivity index (χ1v) is 6.81. The number of amides is 1. The predicted molar refractivity (Wildman–Crippen MR) is 77.3 cm³/mol. The van der Waals surface area contributed by atoms with Crippen LogP contribution in [0.2, 0.25) is 0 Å². The van der Waals surface area contributed by atoms with Crippen molar-refractivity contribution >= 4 is 11.7 Å².